The number of rotatable bonds is 6. The van der Waals surface area contributed by atoms with Crippen LogP contribution in [0.25, 0.3) is 6.08 Å². The molecule has 1 fully saturated rings. The van der Waals surface area contributed by atoms with Crippen LogP contribution in [0.5, 0.6) is 5.75 Å². The van der Waals surface area contributed by atoms with E-state index in [1.54, 1.807) is 12.2 Å². The highest BCUT2D eigenvalue weighted by Gasteiger charge is 2.32. The first-order valence-corrected chi connectivity index (χ1v) is 10.4. The average Bonchev–Trinajstić information content (AvgIpc) is 2.68. The Hall–Kier alpha value is -2.52. The minimum atomic E-state index is -0.505. The van der Waals surface area contributed by atoms with Gasteiger partial charge in [0, 0.05) is 6.54 Å². The Morgan fingerprint density at radius 3 is 2.72 bits per heavy atom. The maximum absolute atomic E-state index is 12.6. The van der Waals surface area contributed by atoms with Gasteiger partial charge in [0.25, 0.3) is 11.8 Å². The molecule has 2 aromatic rings. The summed E-state index contributed by atoms with van der Waals surface area (Å²) in [5, 5.41) is 2.63. The minimum absolute atomic E-state index is 0.0321. The quantitative estimate of drug-likeness (QED) is 0.207. The summed E-state index contributed by atoms with van der Waals surface area (Å²) in [6.07, 6.45) is 3.12. The second-order valence-electron chi connectivity index (χ2n) is 6.49. The van der Waals surface area contributed by atoms with Gasteiger partial charge in [0.2, 0.25) is 0 Å². The van der Waals surface area contributed by atoms with Crippen molar-refractivity contribution in [1.82, 2.24) is 10.2 Å². The van der Waals surface area contributed by atoms with Crippen molar-refractivity contribution in [3.8, 4) is 5.75 Å². The fourth-order valence-electron chi connectivity index (χ4n) is 2.84. The SMILES string of the molecule is C=CCN1C(=O)/C(=C/c2ccc(OCc3cccc(C)c3)c(I)c2)C(=O)NC1=S. The third-order valence-electron chi connectivity index (χ3n) is 4.24. The predicted octanol–water partition coefficient (Wildman–Crippen LogP) is 3.99. The highest BCUT2D eigenvalue weighted by atomic mass is 127. The summed E-state index contributed by atoms with van der Waals surface area (Å²) < 4.78 is 6.80. The molecule has 1 saturated heterocycles. The van der Waals surface area contributed by atoms with Crippen molar-refractivity contribution < 1.29 is 14.3 Å². The Morgan fingerprint density at radius 2 is 2.03 bits per heavy atom. The largest absolute Gasteiger partial charge is 0.488 e. The van der Waals surface area contributed by atoms with Crippen molar-refractivity contribution >= 4 is 57.8 Å². The number of hydrogen-bond acceptors (Lipinski definition) is 4. The second kappa shape index (κ2) is 9.32. The van der Waals surface area contributed by atoms with Gasteiger partial charge in [0.15, 0.2) is 5.11 Å². The maximum Gasteiger partial charge on any atom is 0.265 e. The van der Waals surface area contributed by atoms with E-state index in [9.17, 15) is 9.59 Å². The van der Waals surface area contributed by atoms with Crippen LogP contribution in [0.1, 0.15) is 16.7 Å². The summed E-state index contributed by atoms with van der Waals surface area (Å²) in [7, 11) is 0. The monoisotopic (exact) mass is 518 g/mol. The van der Waals surface area contributed by atoms with Crippen LogP contribution in [0, 0.1) is 10.5 Å². The maximum atomic E-state index is 12.6. The number of benzene rings is 2. The van der Waals surface area contributed by atoms with E-state index in [2.05, 4.69) is 40.6 Å². The van der Waals surface area contributed by atoms with Crippen LogP contribution in [-0.4, -0.2) is 28.4 Å². The van der Waals surface area contributed by atoms with Gasteiger partial charge in [-0.25, -0.2) is 0 Å². The van der Waals surface area contributed by atoms with E-state index in [-0.39, 0.29) is 17.2 Å². The van der Waals surface area contributed by atoms with E-state index in [4.69, 9.17) is 17.0 Å². The highest BCUT2D eigenvalue weighted by Crippen LogP contribution is 2.25. The summed E-state index contributed by atoms with van der Waals surface area (Å²) in [6, 6.07) is 13.7. The smallest absolute Gasteiger partial charge is 0.265 e. The first-order chi connectivity index (χ1) is 13.9. The molecule has 1 heterocycles. The lowest BCUT2D eigenvalue weighted by Crippen LogP contribution is -2.53. The Morgan fingerprint density at radius 1 is 1.24 bits per heavy atom. The zero-order valence-corrected chi connectivity index (χ0v) is 18.7. The zero-order chi connectivity index (χ0) is 21.0. The van der Waals surface area contributed by atoms with E-state index in [1.165, 1.54) is 10.5 Å². The van der Waals surface area contributed by atoms with Gasteiger partial charge >= 0.3 is 0 Å². The normalized spacial score (nSPS) is 15.4. The number of nitrogens with zero attached hydrogens (tertiary/aromatic N) is 1. The zero-order valence-electron chi connectivity index (χ0n) is 15.8. The lowest BCUT2D eigenvalue weighted by Gasteiger charge is -2.27. The summed E-state index contributed by atoms with van der Waals surface area (Å²) >= 11 is 7.24. The molecule has 5 nitrogen and oxygen atoms in total. The lowest BCUT2D eigenvalue weighted by molar-refractivity contribution is -0.128. The van der Waals surface area contributed by atoms with E-state index in [0.29, 0.717) is 6.61 Å². The molecule has 29 heavy (non-hydrogen) atoms. The first kappa shape index (κ1) is 21.2. The van der Waals surface area contributed by atoms with Crippen LogP contribution in [-0.2, 0) is 16.2 Å². The molecule has 1 aliphatic rings. The molecule has 1 N–H and O–H groups in total. The number of halogens is 1. The molecule has 0 unspecified atom stereocenters. The Balaban J connectivity index is 1.78. The Labute approximate surface area is 188 Å². The summed E-state index contributed by atoms with van der Waals surface area (Å²) in [4.78, 5) is 26.2. The number of nitrogens with one attached hydrogen (secondary N) is 1. The van der Waals surface area contributed by atoms with Gasteiger partial charge in [-0.3, -0.25) is 19.8 Å². The predicted molar refractivity (Wildman–Crippen MR) is 125 cm³/mol. The van der Waals surface area contributed by atoms with Crippen LogP contribution in [0.3, 0.4) is 0 Å². The average molecular weight is 518 g/mol. The van der Waals surface area contributed by atoms with Gasteiger partial charge in [-0.1, -0.05) is 42.0 Å². The van der Waals surface area contributed by atoms with Crippen LogP contribution in [0.2, 0.25) is 0 Å². The van der Waals surface area contributed by atoms with Gasteiger partial charge in [-0.15, -0.1) is 6.58 Å². The van der Waals surface area contributed by atoms with Crippen LogP contribution >= 0.6 is 34.8 Å². The second-order valence-corrected chi connectivity index (χ2v) is 8.04. The summed E-state index contributed by atoms with van der Waals surface area (Å²) in [5.74, 6) is -0.202. The number of carbonyl (C=O) groups excluding carboxylic acids is 2. The third-order valence-corrected chi connectivity index (χ3v) is 5.41. The van der Waals surface area contributed by atoms with Crippen molar-refractivity contribution in [2.45, 2.75) is 13.5 Å². The number of aryl methyl sites for hydroxylation is 1. The minimum Gasteiger partial charge on any atom is -0.488 e. The third kappa shape index (κ3) is 5.10. The summed E-state index contributed by atoms with van der Waals surface area (Å²) in [5.41, 5.74) is 3.03. The highest BCUT2D eigenvalue weighted by molar-refractivity contribution is 14.1. The number of amides is 2. The molecule has 1 aliphatic heterocycles. The van der Waals surface area contributed by atoms with E-state index >= 15 is 0 Å². The molecule has 3 rings (SSSR count). The van der Waals surface area contributed by atoms with Gasteiger partial charge in [0.05, 0.1) is 3.57 Å². The number of ether oxygens (including phenoxy) is 1. The van der Waals surface area contributed by atoms with Gasteiger partial charge in [-0.2, -0.15) is 0 Å². The van der Waals surface area contributed by atoms with Crippen molar-refractivity contribution in [3.05, 3.63) is 81.0 Å². The molecule has 0 aromatic heterocycles. The molecule has 148 valence electrons. The van der Waals surface area contributed by atoms with Gasteiger partial charge in [0.1, 0.15) is 17.9 Å². The fraction of sp³-hybridized carbons (Fsp3) is 0.136. The number of carbonyl (C=O) groups is 2. The van der Waals surface area contributed by atoms with Crippen molar-refractivity contribution in [2.75, 3.05) is 6.54 Å². The molecule has 0 spiro atoms. The molecular formula is C22H19IN2O3S. The fourth-order valence-corrected chi connectivity index (χ4v) is 3.79. The van der Waals surface area contributed by atoms with E-state index in [1.807, 2.05) is 43.3 Å². The van der Waals surface area contributed by atoms with Gasteiger partial charge in [-0.05, 0) is 71.1 Å². The standard InChI is InChI=1S/C22H19IN2O3S/c1-3-9-25-21(27)17(20(26)24-22(25)29)11-15-7-8-19(18(23)12-15)28-13-16-6-4-5-14(2)10-16/h3-8,10-12H,1,9,13H2,2H3,(H,24,26,29)/b17-11+. The molecule has 7 heteroatoms. The van der Waals surface area contributed by atoms with Crippen molar-refractivity contribution in [3.63, 3.8) is 0 Å². The Kier molecular flexibility index (Phi) is 6.81. The molecule has 0 bridgehead atoms. The number of hydrogen-bond donors (Lipinski definition) is 1. The molecule has 0 radical (unpaired) electrons. The van der Waals surface area contributed by atoms with Crippen LogP contribution in [0.4, 0.5) is 0 Å². The molecule has 2 amide bonds. The van der Waals surface area contributed by atoms with Gasteiger partial charge < -0.3 is 4.74 Å². The van der Waals surface area contributed by atoms with Crippen LogP contribution < -0.4 is 10.1 Å². The van der Waals surface area contributed by atoms with Crippen molar-refractivity contribution in [1.29, 1.82) is 0 Å². The topological polar surface area (TPSA) is 58.6 Å². The van der Waals surface area contributed by atoms with E-state index in [0.717, 1.165) is 20.4 Å². The molecule has 0 aliphatic carbocycles. The van der Waals surface area contributed by atoms with Crippen molar-refractivity contribution in [2.24, 2.45) is 0 Å². The molecule has 0 atom stereocenters. The van der Waals surface area contributed by atoms with E-state index < -0.39 is 11.8 Å². The summed E-state index contributed by atoms with van der Waals surface area (Å²) in [6.45, 7) is 6.36. The first-order valence-electron chi connectivity index (χ1n) is 8.86. The number of thiocarbonyl (C=S) groups is 1. The molecule has 0 saturated carbocycles. The lowest BCUT2D eigenvalue weighted by atomic mass is 10.1. The van der Waals surface area contributed by atoms with Crippen LogP contribution in [0.15, 0.2) is 60.7 Å². The molecule has 2 aromatic carbocycles. The molecular weight excluding hydrogens is 499 g/mol. The Bertz CT molecular complexity index is 1030.